The predicted octanol–water partition coefficient (Wildman–Crippen LogP) is 10.0. The lowest BCUT2D eigenvalue weighted by atomic mass is 9.72. The van der Waals surface area contributed by atoms with E-state index >= 15 is 0 Å². The van der Waals surface area contributed by atoms with Crippen LogP contribution in [0.1, 0.15) is 94.9 Å². The van der Waals surface area contributed by atoms with Gasteiger partial charge in [0.25, 0.3) is 0 Å². The molecule has 0 saturated carbocycles. The quantitative estimate of drug-likeness (QED) is 0.181. The molecule has 0 aromatic carbocycles. The number of ether oxygens (including phenoxy) is 1. The third-order valence-corrected chi connectivity index (χ3v) is 8.84. The van der Waals surface area contributed by atoms with Crippen molar-refractivity contribution in [3.05, 3.63) is 118 Å². The molecule has 2 atom stereocenters. The molecule has 1 fully saturated rings. The topological polar surface area (TPSA) is 61.8 Å². The standard InChI is InChI=1S/C40H52O5/c1-28(14-11-15-29(2)19-21-33-31(4)35(41)23-26-38(33,6)7)16-12-18-37-43-40(10,45-44-37)25-13-17-30(3)20-22-34-32(5)36(42)24-27-39(34,8)9/h11-22,25,37H,23-24,26-27H2,1-10H3/b14-11+,18-12+,21-19+,22-20+,25-13+,28-16+,29-15+,30-17+/t37-,40-/m1/s1. The van der Waals surface area contributed by atoms with E-state index in [1.165, 1.54) is 0 Å². The maximum Gasteiger partial charge on any atom is 0.221 e. The SMILES string of the molecule is CC1=C(/C=C/C(C)=C/C=C/C(C)=C/C=C/[C@H]2OO[C@](C)(/C=C/C=C(C)/C=C/C3=C(C)C(=O)CCC3(C)C)O2)C(C)(C)CCC1=O. The molecule has 3 rings (SSSR count). The summed E-state index contributed by atoms with van der Waals surface area (Å²) < 4.78 is 5.94. The molecule has 242 valence electrons. The molecule has 0 aromatic rings. The van der Waals surface area contributed by atoms with Gasteiger partial charge in [-0.15, -0.1) is 0 Å². The zero-order chi connectivity index (χ0) is 33.4. The summed E-state index contributed by atoms with van der Waals surface area (Å²) in [6.45, 7) is 20.6. The summed E-state index contributed by atoms with van der Waals surface area (Å²) in [5, 5.41) is 0. The Balaban J connectivity index is 1.52. The fourth-order valence-electron chi connectivity index (χ4n) is 5.69. The second-order valence-electron chi connectivity index (χ2n) is 13.9. The van der Waals surface area contributed by atoms with Crippen molar-refractivity contribution >= 4 is 11.6 Å². The summed E-state index contributed by atoms with van der Waals surface area (Å²) in [4.78, 5) is 35.2. The van der Waals surface area contributed by atoms with Crippen molar-refractivity contribution in [1.29, 1.82) is 0 Å². The van der Waals surface area contributed by atoms with Crippen LogP contribution < -0.4 is 0 Å². The lowest BCUT2D eigenvalue weighted by Crippen LogP contribution is -2.24. The first-order valence-corrected chi connectivity index (χ1v) is 16.0. The van der Waals surface area contributed by atoms with E-state index in [-0.39, 0.29) is 22.4 Å². The third kappa shape index (κ3) is 10.3. The van der Waals surface area contributed by atoms with Gasteiger partial charge >= 0.3 is 0 Å². The minimum atomic E-state index is -1.00. The highest BCUT2D eigenvalue weighted by Gasteiger charge is 2.36. The van der Waals surface area contributed by atoms with Crippen LogP contribution >= 0.6 is 0 Å². The third-order valence-electron chi connectivity index (χ3n) is 8.84. The van der Waals surface area contributed by atoms with Crippen molar-refractivity contribution < 1.29 is 24.1 Å². The van der Waals surface area contributed by atoms with Crippen LogP contribution in [0.15, 0.2) is 118 Å². The zero-order valence-electron chi connectivity index (χ0n) is 29.0. The first kappa shape index (κ1) is 36.1. The number of carbonyl (C=O) groups is 2. The molecule has 2 aliphatic carbocycles. The molecule has 0 N–H and O–H groups in total. The average molecular weight is 613 g/mol. The Labute approximate surface area is 271 Å². The molecular formula is C40H52O5. The van der Waals surface area contributed by atoms with E-state index in [9.17, 15) is 9.59 Å². The van der Waals surface area contributed by atoms with Gasteiger partial charge in [-0.3, -0.25) is 9.59 Å². The molecular weight excluding hydrogens is 560 g/mol. The van der Waals surface area contributed by atoms with Crippen molar-refractivity contribution in [3.63, 3.8) is 0 Å². The highest BCUT2D eigenvalue weighted by molar-refractivity contribution is 5.97. The van der Waals surface area contributed by atoms with Gasteiger partial charge in [0, 0.05) is 12.8 Å². The van der Waals surface area contributed by atoms with Crippen LogP contribution in [0.2, 0.25) is 0 Å². The second kappa shape index (κ2) is 15.3. The molecule has 0 spiro atoms. The largest absolute Gasteiger partial charge is 0.308 e. The van der Waals surface area contributed by atoms with E-state index in [0.29, 0.717) is 12.8 Å². The van der Waals surface area contributed by atoms with Gasteiger partial charge in [-0.05, 0) is 99.7 Å². The number of hydrogen-bond donors (Lipinski definition) is 0. The molecule has 5 nitrogen and oxygen atoms in total. The van der Waals surface area contributed by atoms with Crippen LogP contribution in [0.4, 0.5) is 0 Å². The smallest absolute Gasteiger partial charge is 0.221 e. The molecule has 0 unspecified atom stereocenters. The van der Waals surface area contributed by atoms with Crippen LogP contribution in [0.3, 0.4) is 0 Å². The molecule has 1 saturated heterocycles. The Morgan fingerprint density at radius 1 is 0.689 bits per heavy atom. The predicted molar refractivity (Wildman–Crippen MR) is 184 cm³/mol. The van der Waals surface area contributed by atoms with Crippen molar-refractivity contribution in [3.8, 4) is 0 Å². The lowest BCUT2D eigenvalue weighted by Gasteiger charge is -2.32. The second-order valence-corrected chi connectivity index (χ2v) is 13.9. The minimum absolute atomic E-state index is 0.00502. The molecule has 5 heteroatoms. The van der Waals surface area contributed by atoms with Crippen LogP contribution in [0, 0.1) is 10.8 Å². The fraction of sp³-hybridized carbons (Fsp3) is 0.450. The van der Waals surface area contributed by atoms with Crippen LogP contribution in [0.25, 0.3) is 0 Å². The minimum Gasteiger partial charge on any atom is -0.308 e. The maximum absolute atomic E-state index is 12.2. The molecule has 0 radical (unpaired) electrons. The van der Waals surface area contributed by atoms with Crippen molar-refractivity contribution in [2.75, 3.05) is 0 Å². The normalized spacial score (nSPS) is 27.2. The van der Waals surface area contributed by atoms with Gasteiger partial charge in [-0.25, -0.2) is 0 Å². The van der Waals surface area contributed by atoms with E-state index in [1.807, 2.05) is 76.3 Å². The van der Waals surface area contributed by atoms with Gasteiger partial charge < -0.3 is 4.74 Å². The number of carbonyl (C=O) groups excluding carboxylic acids is 2. The molecule has 1 heterocycles. The van der Waals surface area contributed by atoms with E-state index < -0.39 is 12.1 Å². The van der Waals surface area contributed by atoms with Gasteiger partial charge in [0.15, 0.2) is 11.6 Å². The molecule has 0 aromatic heterocycles. The van der Waals surface area contributed by atoms with Crippen LogP contribution in [0.5, 0.6) is 0 Å². The van der Waals surface area contributed by atoms with Gasteiger partial charge in [0.05, 0.1) is 0 Å². The molecule has 1 aliphatic heterocycles. The highest BCUT2D eigenvalue weighted by Crippen LogP contribution is 2.40. The van der Waals surface area contributed by atoms with E-state index in [0.717, 1.165) is 51.9 Å². The molecule has 3 aliphatic rings. The van der Waals surface area contributed by atoms with Gasteiger partial charge in [0.1, 0.15) is 0 Å². The summed E-state index contributed by atoms with van der Waals surface area (Å²) in [6.07, 6.45) is 28.1. The highest BCUT2D eigenvalue weighted by atomic mass is 17.3. The Morgan fingerprint density at radius 3 is 1.69 bits per heavy atom. The van der Waals surface area contributed by atoms with E-state index in [1.54, 1.807) is 13.0 Å². The first-order valence-electron chi connectivity index (χ1n) is 16.0. The number of ketones is 2. The number of Topliss-reactive ketones (excluding diaryl/α,β-unsaturated/α-hetero) is 2. The Kier molecular flexibility index (Phi) is 12.2. The fourth-order valence-corrected chi connectivity index (χ4v) is 5.69. The Bertz CT molecular complexity index is 1460. The van der Waals surface area contributed by atoms with E-state index in [2.05, 4.69) is 58.9 Å². The summed E-state index contributed by atoms with van der Waals surface area (Å²) in [5.41, 5.74) is 7.23. The maximum atomic E-state index is 12.2. The van der Waals surface area contributed by atoms with Gasteiger partial charge in [-0.1, -0.05) is 111 Å². The molecule has 0 amide bonds. The number of allylic oxidation sites excluding steroid dienone is 18. The summed E-state index contributed by atoms with van der Waals surface area (Å²) in [6, 6.07) is 0. The molecule has 0 bridgehead atoms. The monoisotopic (exact) mass is 612 g/mol. The van der Waals surface area contributed by atoms with Crippen LogP contribution in [-0.2, 0) is 24.1 Å². The number of hydrogen-bond acceptors (Lipinski definition) is 5. The van der Waals surface area contributed by atoms with Crippen molar-refractivity contribution in [2.24, 2.45) is 10.8 Å². The Morgan fingerprint density at radius 2 is 1.16 bits per heavy atom. The summed E-state index contributed by atoms with van der Waals surface area (Å²) >= 11 is 0. The number of rotatable bonds is 10. The summed E-state index contributed by atoms with van der Waals surface area (Å²) in [7, 11) is 0. The average Bonchev–Trinajstić information content (AvgIpc) is 3.33. The lowest BCUT2D eigenvalue weighted by molar-refractivity contribution is -0.307. The first-order chi connectivity index (χ1) is 21.0. The zero-order valence-corrected chi connectivity index (χ0v) is 29.0. The van der Waals surface area contributed by atoms with Crippen molar-refractivity contribution in [1.82, 2.24) is 0 Å². The van der Waals surface area contributed by atoms with Crippen molar-refractivity contribution in [2.45, 2.75) is 107 Å². The Hall–Kier alpha value is -3.38. The van der Waals surface area contributed by atoms with E-state index in [4.69, 9.17) is 14.5 Å². The van der Waals surface area contributed by atoms with Gasteiger partial charge in [0.2, 0.25) is 12.1 Å². The van der Waals surface area contributed by atoms with Crippen LogP contribution in [-0.4, -0.2) is 23.6 Å². The summed E-state index contributed by atoms with van der Waals surface area (Å²) in [5.74, 6) is -0.511. The van der Waals surface area contributed by atoms with Gasteiger partial charge in [-0.2, -0.15) is 9.78 Å². The molecule has 45 heavy (non-hydrogen) atoms.